The third kappa shape index (κ3) is 5.31. The van der Waals surface area contributed by atoms with Crippen molar-refractivity contribution in [3.05, 3.63) is 53.3 Å². The Hall–Kier alpha value is -1.86. The SMILES string of the molecule is CCN(C)CCSNc1ccc(F)c(F)c1Nc1ccc(C)cc1F. The van der Waals surface area contributed by atoms with Crippen molar-refractivity contribution < 1.29 is 13.2 Å². The molecule has 0 spiro atoms. The van der Waals surface area contributed by atoms with Gasteiger partial charge in [-0.15, -0.1) is 0 Å². The monoisotopic (exact) mass is 369 g/mol. The number of nitrogens with one attached hydrogen (secondary N) is 2. The van der Waals surface area contributed by atoms with Gasteiger partial charge in [0.2, 0.25) is 0 Å². The number of anilines is 3. The third-order valence-corrected chi connectivity index (χ3v) is 4.53. The molecule has 136 valence electrons. The Labute approximate surface area is 150 Å². The molecule has 2 aromatic rings. The van der Waals surface area contributed by atoms with Gasteiger partial charge in [0, 0.05) is 12.3 Å². The van der Waals surface area contributed by atoms with Gasteiger partial charge >= 0.3 is 0 Å². The number of halogens is 3. The lowest BCUT2D eigenvalue weighted by molar-refractivity contribution is 0.377. The highest BCUT2D eigenvalue weighted by Crippen LogP contribution is 2.32. The molecule has 2 rings (SSSR count). The lowest BCUT2D eigenvalue weighted by Crippen LogP contribution is -2.20. The highest BCUT2D eigenvalue weighted by molar-refractivity contribution is 8.00. The Morgan fingerprint density at radius 3 is 2.44 bits per heavy atom. The minimum Gasteiger partial charge on any atom is -0.349 e. The first-order valence-corrected chi connectivity index (χ1v) is 8.98. The molecule has 0 heterocycles. The maximum atomic E-state index is 14.2. The van der Waals surface area contributed by atoms with E-state index in [-0.39, 0.29) is 11.4 Å². The van der Waals surface area contributed by atoms with Gasteiger partial charge in [-0.1, -0.05) is 24.9 Å². The Bertz CT molecular complexity index is 725. The van der Waals surface area contributed by atoms with E-state index in [4.69, 9.17) is 0 Å². The fourth-order valence-corrected chi connectivity index (χ4v) is 2.93. The van der Waals surface area contributed by atoms with Crippen LogP contribution in [0.2, 0.25) is 0 Å². The van der Waals surface area contributed by atoms with Crippen LogP contribution in [-0.2, 0) is 0 Å². The van der Waals surface area contributed by atoms with Gasteiger partial charge < -0.3 is 14.9 Å². The van der Waals surface area contributed by atoms with E-state index in [0.29, 0.717) is 5.69 Å². The van der Waals surface area contributed by atoms with Crippen LogP contribution in [0.15, 0.2) is 30.3 Å². The highest BCUT2D eigenvalue weighted by Gasteiger charge is 2.15. The van der Waals surface area contributed by atoms with Crippen molar-refractivity contribution in [1.29, 1.82) is 0 Å². The molecule has 0 aliphatic rings. The molecule has 2 N–H and O–H groups in total. The van der Waals surface area contributed by atoms with Crippen LogP contribution in [0.4, 0.5) is 30.2 Å². The van der Waals surface area contributed by atoms with E-state index in [0.717, 1.165) is 30.5 Å². The Morgan fingerprint density at radius 1 is 1.04 bits per heavy atom. The van der Waals surface area contributed by atoms with Gasteiger partial charge in [0.1, 0.15) is 11.5 Å². The zero-order chi connectivity index (χ0) is 18.4. The zero-order valence-corrected chi connectivity index (χ0v) is 15.3. The maximum absolute atomic E-state index is 14.2. The fourth-order valence-electron chi connectivity index (χ4n) is 2.10. The Balaban J connectivity index is 2.16. The van der Waals surface area contributed by atoms with Crippen LogP contribution in [0.3, 0.4) is 0 Å². The van der Waals surface area contributed by atoms with E-state index >= 15 is 0 Å². The summed E-state index contributed by atoms with van der Waals surface area (Å²) >= 11 is 1.38. The summed E-state index contributed by atoms with van der Waals surface area (Å²) < 4.78 is 44.9. The number of hydrogen-bond acceptors (Lipinski definition) is 4. The van der Waals surface area contributed by atoms with Crippen LogP contribution in [0, 0.1) is 24.4 Å². The Morgan fingerprint density at radius 2 is 1.76 bits per heavy atom. The lowest BCUT2D eigenvalue weighted by Gasteiger charge is -2.17. The van der Waals surface area contributed by atoms with E-state index in [9.17, 15) is 13.2 Å². The zero-order valence-electron chi connectivity index (χ0n) is 14.5. The molecule has 0 fully saturated rings. The van der Waals surface area contributed by atoms with Crippen molar-refractivity contribution in [3.63, 3.8) is 0 Å². The van der Waals surface area contributed by atoms with Crippen LogP contribution in [0.25, 0.3) is 0 Å². The first-order valence-electron chi connectivity index (χ1n) is 8.00. The van der Waals surface area contributed by atoms with Crippen molar-refractivity contribution in [2.24, 2.45) is 0 Å². The largest absolute Gasteiger partial charge is 0.349 e. The molecule has 3 nitrogen and oxygen atoms in total. The summed E-state index contributed by atoms with van der Waals surface area (Å²) in [7, 11) is 2.01. The van der Waals surface area contributed by atoms with Crippen LogP contribution < -0.4 is 10.0 Å². The molecule has 0 radical (unpaired) electrons. The normalized spacial score (nSPS) is 11.0. The van der Waals surface area contributed by atoms with Gasteiger partial charge in [-0.3, -0.25) is 0 Å². The summed E-state index contributed by atoms with van der Waals surface area (Å²) in [6.07, 6.45) is 0. The van der Waals surface area contributed by atoms with Gasteiger partial charge in [-0.05, 0) is 50.3 Å². The summed E-state index contributed by atoms with van der Waals surface area (Å²) in [6.45, 7) is 5.61. The molecule has 0 aromatic heterocycles. The van der Waals surface area contributed by atoms with Crippen molar-refractivity contribution in [1.82, 2.24) is 4.90 Å². The minimum atomic E-state index is -1.05. The highest BCUT2D eigenvalue weighted by atomic mass is 32.2. The molecule has 0 atom stereocenters. The van der Waals surface area contributed by atoms with Crippen molar-refractivity contribution >= 4 is 29.0 Å². The van der Waals surface area contributed by atoms with Crippen LogP contribution in [0.1, 0.15) is 12.5 Å². The predicted molar refractivity (Wildman–Crippen MR) is 100 cm³/mol. The molecule has 0 saturated heterocycles. The minimum absolute atomic E-state index is 0.0915. The number of rotatable bonds is 8. The Kier molecular flexibility index (Phi) is 7.01. The average molecular weight is 369 g/mol. The molecular formula is C18H22F3N3S. The number of aryl methyl sites for hydroxylation is 1. The first kappa shape index (κ1) is 19.5. The smallest absolute Gasteiger partial charge is 0.184 e. The summed E-state index contributed by atoms with van der Waals surface area (Å²) in [5.41, 5.74) is 1.09. The van der Waals surface area contributed by atoms with E-state index in [2.05, 4.69) is 21.9 Å². The third-order valence-electron chi connectivity index (χ3n) is 3.78. The molecule has 2 aromatic carbocycles. The van der Waals surface area contributed by atoms with Crippen molar-refractivity contribution in [3.8, 4) is 0 Å². The van der Waals surface area contributed by atoms with Gasteiger partial charge in [0.15, 0.2) is 11.6 Å². The van der Waals surface area contributed by atoms with E-state index in [1.54, 1.807) is 13.0 Å². The standard InChI is InChI=1S/C18H22F3N3S/c1-4-24(3)9-10-25-23-16-8-6-13(19)17(21)18(16)22-15-7-5-12(2)11-14(15)20/h5-8,11,22-23H,4,9-10H2,1-3H3. The number of nitrogens with zero attached hydrogens (tertiary/aromatic N) is 1. The van der Waals surface area contributed by atoms with E-state index in [1.807, 2.05) is 7.05 Å². The summed E-state index contributed by atoms with van der Waals surface area (Å²) in [6, 6.07) is 7.02. The topological polar surface area (TPSA) is 27.3 Å². The van der Waals surface area contributed by atoms with Gasteiger partial charge in [-0.2, -0.15) is 0 Å². The molecular weight excluding hydrogens is 347 g/mol. The van der Waals surface area contributed by atoms with Gasteiger partial charge in [-0.25, -0.2) is 13.2 Å². The van der Waals surface area contributed by atoms with E-state index in [1.165, 1.54) is 30.1 Å². The quantitative estimate of drug-likeness (QED) is 0.496. The number of hydrogen-bond donors (Lipinski definition) is 2. The fraction of sp³-hybridized carbons (Fsp3) is 0.333. The summed E-state index contributed by atoms with van der Waals surface area (Å²) in [4.78, 5) is 2.14. The molecule has 0 aliphatic carbocycles. The first-order chi connectivity index (χ1) is 11.9. The molecule has 0 aliphatic heterocycles. The van der Waals surface area contributed by atoms with Crippen LogP contribution >= 0.6 is 11.9 Å². The summed E-state index contributed by atoms with van der Waals surface area (Å²) in [5.74, 6) is -1.79. The second kappa shape index (κ2) is 9.01. The van der Waals surface area contributed by atoms with Crippen molar-refractivity contribution in [2.75, 3.05) is 35.9 Å². The second-order valence-electron chi connectivity index (χ2n) is 5.74. The van der Waals surface area contributed by atoms with Gasteiger partial charge in [0.25, 0.3) is 0 Å². The lowest BCUT2D eigenvalue weighted by atomic mass is 10.2. The maximum Gasteiger partial charge on any atom is 0.184 e. The van der Waals surface area contributed by atoms with Crippen molar-refractivity contribution in [2.45, 2.75) is 13.8 Å². The predicted octanol–water partition coefficient (Wildman–Crippen LogP) is 5.17. The second-order valence-corrected chi connectivity index (χ2v) is 6.64. The molecule has 0 bridgehead atoms. The van der Waals surface area contributed by atoms with Gasteiger partial charge in [0.05, 0.1) is 11.4 Å². The number of benzene rings is 2. The summed E-state index contributed by atoms with van der Waals surface area (Å²) in [5, 5.41) is 2.66. The van der Waals surface area contributed by atoms with E-state index < -0.39 is 17.5 Å². The molecule has 0 unspecified atom stereocenters. The molecule has 25 heavy (non-hydrogen) atoms. The van der Waals surface area contributed by atoms with Crippen LogP contribution in [0.5, 0.6) is 0 Å². The molecule has 7 heteroatoms. The molecule has 0 saturated carbocycles. The average Bonchev–Trinajstić information content (AvgIpc) is 2.59. The van der Waals surface area contributed by atoms with Crippen LogP contribution in [-0.4, -0.2) is 30.8 Å². The molecule has 0 amide bonds.